The highest BCUT2D eigenvalue weighted by Crippen LogP contribution is 2.37. The highest BCUT2D eigenvalue weighted by Gasteiger charge is 2.31. The average molecular weight is 483 g/mol. The van der Waals surface area contributed by atoms with Gasteiger partial charge in [0.2, 0.25) is 21.8 Å². The first-order valence-electron chi connectivity index (χ1n) is 11.4. The van der Waals surface area contributed by atoms with E-state index in [0.29, 0.717) is 25.3 Å². The van der Waals surface area contributed by atoms with Gasteiger partial charge in [0.15, 0.2) is 0 Å². The average Bonchev–Trinajstić information content (AvgIpc) is 2.81. The lowest BCUT2D eigenvalue weighted by atomic mass is 10.2. The maximum atomic E-state index is 13.1. The van der Waals surface area contributed by atoms with E-state index in [2.05, 4.69) is 24.1 Å². The van der Waals surface area contributed by atoms with Crippen molar-refractivity contribution in [2.45, 2.75) is 49.3 Å². The first-order chi connectivity index (χ1) is 15.4. The van der Waals surface area contributed by atoms with Crippen LogP contribution in [0.2, 0.25) is 0 Å². The Morgan fingerprint density at radius 1 is 1.16 bits per heavy atom. The van der Waals surface area contributed by atoms with E-state index in [-0.39, 0.29) is 29.0 Å². The molecule has 1 fully saturated rings. The van der Waals surface area contributed by atoms with Gasteiger partial charge in [-0.2, -0.15) is 4.31 Å². The molecule has 1 aromatic carbocycles. The van der Waals surface area contributed by atoms with Crippen molar-refractivity contribution in [1.29, 1.82) is 0 Å². The lowest BCUT2D eigenvalue weighted by Gasteiger charge is -2.30. The largest absolute Gasteiger partial charge is 0.355 e. The van der Waals surface area contributed by atoms with Crippen LogP contribution in [0.25, 0.3) is 0 Å². The molecule has 178 valence electrons. The number of rotatable bonds is 10. The van der Waals surface area contributed by atoms with Crippen LogP contribution in [0.1, 0.15) is 39.5 Å². The summed E-state index contributed by atoms with van der Waals surface area (Å²) in [5, 5.41) is 2.89. The van der Waals surface area contributed by atoms with Crippen LogP contribution in [0.4, 0.5) is 5.69 Å². The van der Waals surface area contributed by atoms with Crippen molar-refractivity contribution in [2.75, 3.05) is 56.5 Å². The lowest BCUT2D eigenvalue weighted by molar-refractivity contribution is -0.123. The Morgan fingerprint density at radius 3 is 2.56 bits per heavy atom. The van der Waals surface area contributed by atoms with Crippen molar-refractivity contribution in [3.05, 3.63) is 18.2 Å². The molecule has 10 heteroatoms. The fourth-order valence-corrected chi connectivity index (χ4v) is 6.49. The molecular weight excluding hydrogens is 448 g/mol. The monoisotopic (exact) mass is 482 g/mol. The first-order valence-corrected chi connectivity index (χ1v) is 13.9. The lowest BCUT2D eigenvalue weighted by Crippen LogP contribution is -2.44. The summed E-state index contributed by atoms with van der Waals surface area (Å²) >= 11 is 1.38. The molecule has 0 saturated carbocycles. The third-order valence-electron chi connectivity index (χ3n) is 6.00. The molecule has 32 heavy (non-hydrogen) atoms. The second-order valence-corrected chi connectivity index (χ2v) is 11.0. The van der Waals surface area contributed by atoms with E-state index in [1.807, 2.05) is 0 Å². The van der Waals surface area contributed by atoms with Gasteiger partial charge in [-0.3, -0.25) is 9.59 Å². The van der Waals surface area contributed by atoms with Gasteiger partial charge in [0.25, 0.3) is 0 Å². The fourth-order valence-electron chi connectivity index (χ4n) is 4.04. The zero-order chi connectivity index (χ0) is 23.1. The highest BCUT2D eigenvalue weighted by molar-refractivity contribution is 8.00. The van der Waals surface area contributed by atoms with Gasteiger partial charge in [-0.1, -0.05) is 20.3 Å². The number of amides is 2. The Hall–Kier alpha value is -1.62. The SMILES string of the molecule is CCN(CC)CCCNC(=O)CN1C(=O)CSc2ccc(S(=O)(=O)N3CCCCC3)cc21. The first kappa shape index (κ1) is 25.0. The number of hydrogen-bond donors (Lipinski definition) is 1. The second-order valence-electron chi connectivity index (χ2n) is 8.09. The van der Waals surface area contributed by atoms with Crippen LogP contribution in [0, 0.1) is 0 Å². The summed E-state index contributed by atoms with van der Waals surface area (Å²) in [6.45, 7) is 8.56. The van der Waals surface area contributed by atoms with Gasteiger partial charge in [0.05, 0.1) is 16.3 Å². The molecule has 1 aromatic rings. The molecule has 8 nitrogen and oxygen atoms in total. The van der Waals surface area contributed by atoms with E-state index >= 15 is 0 Å². The summed E-state index contributed by atoms with van der Waals surface area (Å²) in [5.41, 5.74) is 0.502. The summed E-state index contributed by atoms with van der Waals surface area (Å²) in [7, 11) is -3.61. The van der Waals surface area contributed by atoms with Crippen molar-refractivity contribution in [3.63, 3.8) is 0 Å². The van der Waals surface area contributed by atoms with Crippen molar-refractivity contribution in [1.82, 2.24) is 14.5 Å². The highest BCUT2D eigenvalue weighted by atomic mass is 32.2. The number of carbonyl (C=O) groups is 2. The smallest absolute Gasteiger partial charge is 0.243 e. The van der Waals surface area contributed by atoms with Crippen molar-refractivity contribution < 1.29 is 18.0 Å². The fraction of sp³-hybridized carbons (Fsp3) is 0.636. The Kier molecular flexibility index (Phi) is 8.98. The zero-order valence-corrected chi connectivity index (χ0v) is 20.6. The van der Waals surface area contributed by atoms with Gasteiger partial charge < -0.3 is 15.1 Å². The minimum atomic E-state index is -3.61. The van der Waals surface area contributed by atoms with Gasteiger partial charge in [0.1, 0.15) is 6.54 Å². The van der Waals surface area contributed by atoms with E-state index in [9.17, 15) is 18.0 Å². The van der Waals surface area contributed by atoms with Crippen LogP contribution in [0.3, 0.4) is 0 Å². The summed E-state index contributed by atoms with van der Waals surface area (Å²) in [4.78, 5) is 29.8. The Labute approximate surface area is 195 Å². The summed E-state index contributed by atoms with van der Waals surface area (Å²) in [6.07, 6.45) is 3.60. The quantitative estimate of drug-likeness (QED) is 0.514. The molecule has 0 aromatic heterocycles. The summed E-state index contributed by atoms with van der Waals surface area (Å²) < 4.78 is 27.7. The molecular formula is C22H34N4O4S2. The molecule has 2 aliphatic rings. The molecule has 1 N–H and O–H groups in total. The Bertz CT molecular complexity index is 913. The standard InChI is InChI=1S/C22H34N4O4S2/c1-3-24(4-2)12-8-11-23-21(27)16-26-19-15-18(9-10-20(19)31-17-22(26)28)32(29,30)25-13-6-5-7-14-25/h9-10,15H,3-8,11-14,16-17H2,1-2H3,(H,23,27). The molecule has 0 radical (unpaired) electrons. The van der Waals surface area contributed by atoms with Crippen LogP contribution in [-0.4, -0.2) is 81.0 Å². The molecule has 3 rings (SSSR count). The normalized spacial score (nSPS) is 17.5. The molecule has 2 aliphatic heterocycles. The number of piperidine rings is 1. The number of nitrogens with one attached hydrogen (secondary N) is 1. The number of nitrogens with zero attached hydrogens (tertiary/aromatic N) is 3. The summed E-state index contributed by atoms with van der Waals surface area (Å²) in [5.74, 6) is -0.186. The van der Waals surface area contributed by atoms with E-state index in [1.54, 1.807) is 18.2 Å². The maximum Gasteiger partial charge on any atom is 0.243 e. The number of sulfonamides is 1. The number of fused-ring (bicyclic) bond motifs is 1. The van der Waals surface area contributed by atoms with Gasteiger partial charge in [-0.05, 0) is 57.1 Å². The topological polar surface area (TPSA) is 90.0 Å². The molecule has 1 saturated heterocycles. The predicted octanol–water partition coefficient (Wildman–Crippen LogP) is 2.15. The van der Waals surface area contributed by atoms with E-state index in [1.165, 1.54) is 21.0 Å². The van der Waals surface area contributed by atoms with Crippen LogP contribution in [0.5, 0.6) is 0 Å². The number of benzene rings is 1. The van der Waals surface area contributed by atoms with Crippen molar-refractivity contribution >= 4 is 39.3 Å². The van der Waals surface area contributed by atoms with E-state index in [4.69, 9.17) is 0 Å². The minimum Gasteiger partial charge on any atom is -0.355 e. The Balaban J connectivity index is 1.69. The molecule has 2 amide bonds. The molecule has 0 unspecified atom stereocenters. The van der Waals surface area contributed by atoms with Crippen molar-refractivity contribution in [2.24, 2.45) is 0 Å². The van der Waals surface area contributed by atoms with Crippen LogP contribution in [-0.2, 0) is 19.6 Å². The predicted molar refractivity (Wildman–Crippen MR) is 128 cm³/mol. The van der Waals surface area contributed by atoms with Crippen LogP contribution >= 0.6 is 11.8 Å². The maximum absolute atomic E-state index is 13.1. The molecule has 0 aliphatic carbocycles. The van der Waals surface area contributed by atoms with Gasteiger partial charge in [-0.25, -0.2) is 8.42 Å². The summed E-state index contributed by atoms with van der Waals surface area (Å²) in [6, 6.07) is 4.91. The van der Waals surface area contributed by atoms with E-state index in [0.717, 1.165) is 50.2 Å². The van der Waals surface area contributed by atoms with Gasteiger partial charge in [-0.15, -0.1) is 11.8 Å². The second kappa shape index (κ2) is 11.5. The van der Waals surface area contributed by atoms with Gasteiger partial charge in [0, 0.05) is 24.5 Å². The van der Waals surface area contributed by atoms with Crippen LogP contribution in [0.15, 0.2) is 28.0 Å². The van der Waals surface area contributed by atoms with Crippen LogP contribution < -0.4 is 10.2 Å². The van der Waals surface area contributed by atoms with E-state index < -0.39 is 10.0 Å². The molecule has 2 heterocycles. The number of hydrogen-bond acceptors (Lipinski definition) is 6. The molecule has 0 bridgehead atoms. The zero-order valence-electron chi connectivity index (χ0n) is 19.0. The number of anilines is 1. The number of thioether (sulfide) groups is 1. The molecule has 0 atom stereocenters. The Morgan fingerprint density at radius 2 is 1.88 bits per heavy atom. The molecule has 0 spiro atoms. The minimum absolute atomic E-state index is 0.106. The van der Waals surface area contributed by atoms with Crippen molar-refractivity contribution in [3.8, 4) is 0 Å². The third-order valence-corrected chi connectivity index (χ3v) is 8.94. The number of carbonyl (C=O) groups excluding carboxylic acids is 2. The third kappa shape index (κ3) is 6.03. The van der Waals surface area contributed by atoms with Gasteiger partial charge >= 0.3 is 0 Å².